The zero-order valence-electron chi connectivity index (χ0n) is 11.7. The fourth-order valence-corrected chi connectivity index (χ4v) is 1.95. The standard InChI is InChI=1S/C17H20FNO/c1-14-3-2-4-17(13-14)20-12-11-19-10-9-15-5-7-16(18)8-6-15/h2-8,13,19H,9-12H2,1H3. The molecule has 0 aromatic heterocycles. The highest BCUT2D eigenvalue weighted by Gasteiger charge is 1.96. The van der Waals surface area contributed by atoms with Gasteiger partial charge in [-0.3, -0.25) is 0 Å². The van der Waals surface area contributed by atoms with Gasteiger partial charge in [-0.25, -0.2) is 4.39 Å². The summed E-state index contributed by atoms with van der Waals surface area (Å²) in [4.78, 5) is 0. The van der Waals surface area contributed by atoms with Crippen LogP contribution in [0.2, 0.25) is 0 Å². The lowest BCUT2D eigenvalue weighted by Crippen LogP contribution is -2.23. The Morgan fingerprint density at radius 1 is 1.05 bits per heavy atom. The Kier molecular flexibility index (Phi) is 5.56. The van der Waals surface area contributed by atoms with Gasteiger partial charge in [0.05, 0.1) is 0 Å². The second-order valence-electron chi connectivity index (χ2n) is 4.79. The lowest BCUT2D eigenvalue weighted by atomic mass is 10.1. The number of aryl methyl sites for hydroxylation is 1. The number of hydrogen-bond acceptors (Lipinski definition) is 2. The van der Waals surface area contributed by atoms with Crippen molar-refractivity contribution in [1.82, 2.24) is 5.32 Å². The molecule has 0 fully saturated rings. The zero-order valence-corrected chi connectivity index (χ0v) is 11.7. The third-order valence-electron chi connectivity index (χ3n) is 3.04. The van der Waals surface area contributed by atoms with Gasteiger partial charge in [0.2, 0.25) is 0 Å². The van der Waals surface area contributed by atoms with E-state index in [0.717, 1.165) is 30.8 Å². The summed E-state index contributed by atoms with van der Waals surface area (Å²) in [7, 11) is 0. The maximum absolute atomic E-state index is 12.7. The van der Waals surface area contributed by atoms with Gasteiger partial charge in [-0.1, -0.05) is 24.3 Å². The predicted molar refractivity (Wildman–Crippen MR) is 79.6 cm³/mol. The summed E-state index contributed by atoms with van der Waals surface area (Å²) in [6.45, 7) is 4.36. The number of rotatable bonds is 7. The molecule has 0 spiro atoms. The first kappa shape index (κ1) is 14.5. The number of hydrogen-bond donors (Lipinski definition) is 1. The quantitative estimate of drug-likeness (QED) is 0.781. The highest BCUT2D eigenvalue weighted by Crippen LogP contribution is 2.11. The molecule has 0 aliphatic carbocycles. The minimum absolute atomic E-state index is 0.187. The Bertz CT molecular complexity index is 525. The van der Waals surface area contributed by atoms with Gasteiger partial charge >= 0.3 is 0 Å². The van der Waals surface area contributed by atoms with E-state index in [1.165, 1.54) is 17.7 Å². The summed E-state index contributed by atoms with van der Waals surface area (Å²) in [6, 6.07) is 14.7. The van der Waals surface area contributed by atoms with Gasteiger partial charge in [0.25, 0.3) is 0 Å². The summed E-state index contributed by atoms with van der Waals surface area (Å²) < 4.78 is 18.4. The van der Waals surface area contributed by atoms with E-state index in [1.54, 1.807) is 0 Å². The molecule has 2 rings (SSSR count). The fourth-order valence-electron chi connectivity index (χ4n) is 1.95. The topological polar surface area (TPSA) is 21.3 Å². The molecule has 2 aromatic rings. The Labute approximate surface area is 119 Å². The molecule has 1 N–H and O–H groups in total. The van der Waals surface area contributed by atoms with E-state index in [2.05, 4.69) is 5.32 Å². The summed E-state index contributed by atoms with van der Waals surface area (Å²) in [5.74, 6) is 0.721. The van der Waals surface area contributed by atoms with Crippen LogP contribution >= 0.6 is 0 Å². The normalized spacial score (nSPS) is 10.5. The maximum atomic E-state index is 12.7. The van der Waals surface area contributed by atoms with Crippen LogP contribution in [0, 0.1) is 12.7 Å². The van der Waals surface area contributed by atoms with Crippen molar-refractivity contribution < 1.29 is 9.13 Å². The number of benzene rings is 2. The molecule has 0 unspecified atom stereocenters. The first-order chi connectivity index (χ1) is 9.74. The fraction of sp³-hybridized carbons (Fsp3) is 0.294. The van der Waals surface area contributed by atoms with Gasteiger partial charge < -0.3 is 10.1 Å². The van der Waals surface area contributed by atoms with Gasteiger partial charge in [-0.05, 0) is 55.3 Å². The molecule has 0 atom stereocenters. The molecule has 0 aliphatic rings. The second kappa shape index (κ2) is 7.65. The van der Waals surface area contributed by atoms with E-state index in [-0.39, 0.29) is 5.82 Å². The smallest absolute Gasteiger partial charge is 0.123 e. The van der Waals surface area contributed by atoms with Crippen molar-refractivity contribution in [2.45, 2.75) is 13.3 Å². The van der Waals surface area contributed by atoms with Crippen LogP contribution in [0.4, 0.5) is 4.39 Å². The molecule has 0 saturated carbocycles. The van der Waals surface area contributed by atoms with Crippen molar-refractivity contribution in [3.05, 3.63) is 65.5 Å². The maximum Gasteiger partial charge on any atom is 0.123 e. The van der Waals surface area contributed by atoms with Crippen LogP contribution in [-0.2, 0) is 6.42 Å². The van der Waals surface area contributed by atoms with E-state index >= 15 is 0 Å². The van der Waals surface area contributed by atoms with Gasteiger partial charge in [-0.2, -0.15) is 0 Å². The molecule has 2 nitrogen and oxygen atoms in total. The molecule has 106 valence electrons. The van der Waals surface area contributed by atoms with E-state index in [1.807, 2.05) is 43.3 Å². The first-order valence-corrected chi connectivity index (χ1v) is 6.89. The molecule has 3 heteroatoms. The lowest BCUT2D eigenvalue weighted by Gasteiger charge is -2.08. The summed E-state index contributed by atoms with van der Waals surface area (Å²) in [5.41, 5.74) is 2.34. The van der Waals surface area contributed by atoms with Gasteiger partial charge in [0.15, 0.2) is 0 Å². The third kappa shape index (κ3) is 5.02. The molecular formula is C17H20FNO. The van der Waals surface area contributed by atoms with E-state index in [0.29, 0.717) is 6.61 Å². The Hall–Kier alpha value is -1.87. The molecule has 20 heavy (non-hydrogen) atoms. The highest BCUT2D eigenvalue weighted by atomic mass is 19.1. The summed E-state index contributed by atoms with van der Waals surface area (Å²) >= 11 is 0. The van der Waals surface area contributed by atoms with Crippen molar-refractivity contribution in [3.63, 3.8) is 0 Å². The molecule has 0 saturated heterocycles. The molecule has 0 heterocycles. The molecule has 0 amide bonds. The molecule has 0 bridgehead atoms. The Morgan fingerprint density at radius 2 is 1.85 bits per heavy atom. The van der Waals surface area contributed by atoms with Crippen LogP contribution in [0.25, 0.3) is 0 Å². The SMILES string of the molecule is Cc1cccc(OCCNCCc2ccc(F)cc2)c1. The summed E-state index contributed by atoms with van der Waals surface area (Å²) in [6.07, 6.45) is 0.894. The van der Waals surface area contributed by atoms with Crippen molar-refractivity contribution in [3.8, 4) is 5.75 Å². The lowest BCUT2D eigenvalue weighted by molar-refractivity contribution is 0.314. The third-order valence-corrected chi connectivity index (χ3v) is 3.04. The Balaban J connectivity index is 1.59. The van der Waals surface area contributed by atoms with Crippen molar-refractivity contribution in [1.29, 1.82) is 0 Å². The van der Waals surface area contributed by atoms with Crippen LogP contribution in [0.15, 0.2) is 48.5 Å². The van der Waals surface area contributed by atoms with Crippen LogP contribution in [-0.4, -0.2) is 19.7 Å². The van der Waals surface area contributed by atoms with Crippen LogP contribution < -0.4 is 10.1 Å². The first-order valence-electron chi connectivity index (χ1n) is 6.89. The molecule has 0 aliphatic heterocycles. The van der Waals surface area contributed by atoms with Crippen molar-refractivity contribution in [2.75, 3.05) is 19.7 Å². The minimum atomic E-state index is -0.187. The predicted octanol–water partition coefficient (Wildman–Crippen LogP) is 3.35. The number of halogens is 1. The van der Waals surface area contributed by atoms with Gasteiger partial charge in [0, 0.05) is 6.54 Å². The monoisotopic (exact) mass is 273 g/mol. The van der Waals surface area contributed by atoms with E-state index < -0.39 is 0 Å². The second-order valence-corrected chi connectivity index (χ2v) is 4.79. The van der Waals surface area contributed by atoms with Crippen molar-refractivity contribution >= 4 is 0 Å². The van der Waals surface area contributed by atoms with Gasteiger partial charge in [0.1, 0.15) is 18.2 Å². The molecule has 2 aromatic carbocycles. The van der Waals surface area contributed by atoms with Crippen LogP contribution in [0.5, 0.6) is 5.75 Å². The molecule has 0 radical (unpaired) electrons. The van der Waals surface area contributed by atoms with Crippen molar-refractivity contribution in [2.24, 2.45) is 0 Å². The Morgan fingerprint density at radius 3 is 2.60 bits per heavy atom. The largest absolute Gasteiger partial charge is 0.492 e. The van der Waals surface area contributed by atoms with E-state index in [9.17, 15) is 4.39 Å². The average Bonchev–Trinajstić information content (AvgIpc) is 2.45. The van der Waals surface area contributed by atoms with Gasteiger partial charge in [-0.15, -0.1) is 0 Å². The molecular weight excluding hydrogens is 253 g/mol. The zero-order chi connectivity index (χ0) is 14.2. The number of ether oxygens (including phenoxy) is 1. The average molecular weight is 273 g/mol. The minimum Gasteiger partial charge on any atom is -0.492 e. The van der Waals surface area contributed by atoms with Crippen LogP contribution in [0.3, 0.4) is 0 Å². The summed E-state index contributed by atoms with van der Waals surface area (Å²) in [5, 5.41) is 3.31. The highest BCUT2D eigenvalue weighted by molar-refractivity contribution is 5.27. The number of nitrogens with one attached hydrogen (secondary N) is 1. The van der Waals surface area contributed by atoms with Crippen LogP contribution in [0.1, 0.15) is 11.1 Å². The van der Waals surface area contributed by atoms with E-state index in [4.69, 9.17) is 4.74 Å².